The zero-order valence-electron chi connectivity index (χ0n) is 16.5. The number of carbonyl (C=O) groups excluding carboxylic acids is 1. The van der Waals surface area contributed by atoms with E-state index in [1.54, 1.807) is 30.7 Å². The Kier molecular flexibility index (Phi) is 5.01. The van der Waals surface area contributed by atoms with Crippen molar-refractivity contribution in [3.05, 3.63) is 76.6 Å². The molecule has 4 heterocycles. The first-order chi connectivity index (χ1) is 15.2. The highest BCUT2D eigenvalue weighted by Crippen LogP contribution is 2.29. The van der Waals surface area contributed by atoms with Crippen LogP contribution in [0.2, 0.25) is 0 Å². The zero-order valence-corrected chi connectivity index (χ0v) is 17.3. The maximum atomic E-state index is 12.7. The number of hydrogen-bond acceptors (Lipinski definition) is 8. The van der Waals surface area contributed by atoms with Gasteiger partial charge >= 0.3 is 0 Å². The van der Waals surface area contributed by atoms with E-state index in [4.69, 9.17) is 10.7 Å². The van der Waals surface area contributed by atoms with Crippen LogP contribution in [0, 0.1) is 0 Å². The summed E-state index contributed by atoms with van der Waals surface area (Å²) in [7, 11) is 0. The van der Waals surface area contributed by atoms with Crippen molar-refractivity contribution in [2.45, 2.75) is 13.0 Å². The molecule has 31 heavy (non-hydrogen) atoms. The number of para-hydroxylation sites is 2. The quantitative estimate of drug-likeness (QED) is 0.479. The molecule has 1 aromatic carbocycles. The standard InChI is InChI=1S/C22H19N7OS/c23-15-5-1-2-6-17(15)26-20(30)21-27-18-8-11-29(13-19(18)31-21)22-25-10-7-16(28-22)14-4-3-9-24-12-14/h1-7,9-10,12H,8,11,13,23H2,(H,26,30). The van der Waals surface area contributed by atoms with Crippen molar-refractivity contribution in [1.29, 1.82) is 0 Å². The Balaban J connectivity index is 1.34. The predicted octanol–water partition coefficient (Wildman–Crippen LogP) is 3.39. The third kappa shape index (κ3) is 3.95. The van der Waals surface area contributed by atoms with E-state index in [1.807, 2.05) is 30.3 Å². The summed E-state index contributed by atoms with van der Waals surface area (Å²) in [6, 6.07) is 12.9. The van der Waals surface area contributed by atoms with Gasteiger partial charge in [-0.2, -0.15) is 0 Å². The normalized spacial score (nSPS) is 13.0. The first kappa shape index (κ1) is 19.1. The van der Waals surface area contributed by atoms with Gasteiger partial charge in [-0.15, -0.1) is 11.3 Å². The van der Waals surface area contributed by atoms with Crippen LogP contribution in [-0.4, -0.2) is 32.4 Å². The molecule has 0 saturated carbocycles. The van der Waals surface area contributed by atoms with Crippen LogP contribution in [0.15, 0.2) is 61.1 Å². The van der Waals surface area contributed by atoms with E-state index in [-0.39, 0.29) is 5.91 Å². The SMILES string of the molecule is Nc1ccccc1NC(=O)c1nc2c(s1)CN(c1nccc(-c3cccnc3)n1)CC2. The molecule has 0 spiro atoms. The number of rotatable bonds is 4. The number of hydrogen-bond donors (Lipinski definition) is 2. The third-order valence-corrected chi connectivity index (χ3v) is 6.10. The molecule has 1 aliphatic heterocycles. The number of fused-ring (bicyclic) bond motifs is 1. The smallest absolute Gasteiger partial charge is 0.284 e. The van der Waals surface area contributed by atoms with Crippen molar-refractivity contribution in [3.63, 3.8) is 0 Å². The Hall–Kier alpha value is -3.85. The molecule has 0 radical (unpaired) electrons. The van der Waals surface area contributed by atoms with Crippen LogP contribution in [-0.2, 0) is 13.0 Å². The molecule has 0 aliphatic carbocycles. The van der Waals surface area contributed by atoms with Gasteiger partial charge in [-0.25, -0.2) is 15.0 Å². The van der Waals surface area contributed by atoms with Gasteiger partial charge in [-0.3, -0.25) is 9.78 Å². The first-order valence-electron chi connectivity index (χ1n) is 9.80. The number of carbonyl (C=O) groups is 1. The lowest BCUT2D eigenvalue weighted by molar-refractivity contribution is 0.102. The second-order valence-electron chi connectivity index (χ2n) is 7.09. The number of nitrogens with one attached hydrogen (secondary N) is 1. The Morgan fingerprint density at radius 1 is 1.10 bits per heavy atom. The molecule has 5 rings (SSSR count). The fourth-order valence-electron chi connectivity index (χ4n) is 3.43. The lowest BCUT2D eigenvalue weighted by Gasteiger charge is -2.26. The topological polar surface area (TPSA) is 110 Å². The van der Waals surface area contributed by atoms with Crippen molar-refractivity contribution in [1.82, 2.24) is 19.9 Å². The summed E-state index contributed by atoms with van der Waals surface area (Å²) >= 11 is 1.40. The number of pyridine rings is 1. The number of aromatic nitrogens is 4. The van der Waals surface area contributed by atoms with Crippen LogP contribution in [0.5, 0.6) is 0 Å². The third-order valence-electron chi connectivity index (χ3n) is 5.02. The van der Waals surface area contributed by atoms with E-state index in [9.17, 15) is 4.79 Å². The summed E-state index contributed by atoms with van der Waals surface area (Å²) in [5, 5.41) is 3.27. The summed E-state index contributed by atoms with van der Waals surface area (Å²) in [6.45, 7) is 1.35. The fourth-order valence-corrected chi connectivity index (χ4v) is 4.44. The number of nitrogens with two attached hydrogens (primary N) is 1. The monoisotopic (exact) mass is 429 g/mol. The molecule has 154 valence electrons. The molecule has 1 aliphatic rings. The van der Waals surface area contributed by atoms with Gasteiger partial charge in [0.1, 0.15) is 0 Å². The largest absolute Gasteiger partial charge is 0.397 e. The van der Waals surface area contributed by atoms with Gasteiger partial charge in [-0.05, 0) is 30.3 Å². The highest BCUT2D eigenvalue weighted by molar-refractivity contribution is 7.13. The highest BCUT2D eigenvalue weighted by Gasteiger charge is 2.25. The maximum absolute atomic E-state index is 12.7. The molecule has 0 fully saturated rings. The van der Waals surface area contributed by atoms with Gasteiger partial charge in [-0.1, -0.05) is 12.1 Å². The van der Waals surface area contributed by atoms with E-state index < -0.39 is 0 Å². The van der Waals surface area contributed by atoms with Gasteiger partial charge < -0.3 is 16.0 Å². The molecule has 8 nitrogen and oxygen atoms in total. The minimum atomic E-state index is -0.251. The Morgan fingerprint density at radius 3 is 2.84 bits per heavy atom. The van der Waals surface area contributed by atoms with Gasteiger partial charge in [0.2, 0.25) is 5.95 Å². The predicted molar refractivity (Wildman–Crippen MR) is 121 cm³/mol. The highest BCUT2D eigenvalue weighted by atomic mass is 32.1. The van der Waals surface area contributed by atoms with E-state index >= 15 is 0 Å². The van der Waals surface area contributed by atoms with Crippen LogP contribution in [0.3, 0.4) is 0 Å². The number of amides is 1. The van der Waals surface area contributed by atoms with E-state index in [0.717, 1.165) is 34.8 Å². The van der Waals surface area contributed by atoms with Crippen LogP contribution >= 0.6 is 11.3 Å². The van der Waals surface area contributed by atoms with Crippen molar-refractivity contribution in [2.75, 3.05) is 22.5 Å². The minimum absolute atomic E-state index is 0.251. The number of anilines is 3. The van der Waals surface area contributed by atoms with Crippen molar-refractivity contribution in [2.24, 2.45) is 0 Å². The molecular formula is C22H19N7OS. The average molecular weight is 430 g/mol. The lowest BCUT2D eigenvalue weighted by atomic mass is 10.2. The van der Waals surface area contributed by atoms with Gasteiger partial charge in [0.05, 0.1) is 29.3 Å². The number of benzene rings is 1. The van der Waals surface area contributed by atoms with E-state index in [1.165, 1.54) is 11.3 Å². The van der Waals surface area contributed by atoms with Gasteiger partial charge in [0.25, 0.3) is 5.91 Å². The molecule has 1 amide bonds. The molecule has 3 N–H and O–H groups in total. The summed E-state index contributed by atoms with van der Waals surface area (Å²) < 4.78 is 0. The number of thiazole rings is 1. The Labute approximate surface area is 182 Å². The summed E-state index contributed by atoms with van der Waals surface area (Å²) in [4.78, 5) is 33.7. The second kappa shape index (κ2) is 8.11. The van der Waals surface area contributed by atoms with Crippen LogP contribution in [0.25, 0.3) is 11.3 Å². The molecule has 0 bridgehead atoms. The molecule has 0 atom stereocenters. The van der Waals surface area contributed by atoms with E-state index in [0.29, 0.717) is 28.9 Å². The molecule has 4 aromatic rings. The molecule has 0 saturated heterocycles. The van der Waals surface area contributed by atoms with Gasteiger partial charge in [0.15, 0.2) is 5.01 Å². The van der Waals surface area contributed by atoms with Crippen molar-refractivity contribution >= 4 is 34.6 Å². The van der Waals surface area contributed by atoms with Crippen molar-refractivity contribution in [3.8, 4) is 11.3 Å². The van der Waals surface area contributed by atoms with Gasteiger partial charge in [0, 0.05) is 42.0 Å². The lowest BCUT2D eigenvalue weighted by Crippen LogP contribution is -2.31. The van der Waals surface area contributed by atoms with Crippen LogP contribution in [0.1, 0.15) is 20.4 Å². The van der Waals surface area contributed by atoms with E-state index in [2.05, 4.69) is 25.2 Å². The maximum Gasteiger partial charge on any atom is 0.284 e. The summed E-state index contributed by atoms with van der Waals surface area (Å²) in [5.74, 6) is 0.405. The number of nitrogens with zero attached hydrogens (tertiary/aromatic N) is 5. The first-order valence-corrected chi connectivity index (χ1v) is 10.6. The number of nitrogen functional groups attached to an aromatic ring is 1. The van der Waals surface area contributed by atoms with Crippen molar-refractivity contribution < 1.29 is 4.79 Å². The molecule has 9 heteroatoms. The molecule has 3 aromatic heterocycles. The zero-order chi connectivity index (χ0) is 21.2. The average Bonchev–Trinajstić information content (AvgIpc) is 3.25. The molecule has 0 unspecified atom stereocenters. The Morgan fingerprint density at radius 2 is 2.00 bits per heavy atom. The Bertz CT molecular complexity index is 1240. The summed E-state index contributed by atoms with van der Waals surface area (Å²) in [6.07, 6.45) is 6.01. The second-order valence-corrected chi connectivity index (χ2v) is 8.17. The fraction of sp³-hybridized carbons (Fsp3) is 0.136. The van der Waals surface area contributed by atoms with Crippen LogP contribution in [0.4, 0.5) is 17.3 Å². The molecular weight excluding hydrogens is 410 g/mol. The minimum Gasteiger partial charge on any atom is -0.397 e. The summed E-state index contributed by atoms with van der Waals surface area (Å²) in [5.41, 5.74) is 9.76. The van der Waals surface area contributed by atoms with Crippen LogP contribution < -0.4 is 16.0 Å².